The molecule has 1 N–H and O–H groups in total. The van der Waals surface area contributed by atoms with Crippen molar-refractivity contribution in [3.63, 3.8) is 0 Å². The molecule has 1 amide bonds. The molecule has 1 aliphatic carbocycles. The van der Waals surface area contributed by atoms with Gasteiger partial charge in [-0.05, 0) is 50.8 Å². The summed E-state index contributed by atoms with van der Waals surface area (Å²) in [4.78, 5) is 25.7. The van der Waals surface area contributed by atoms with Gasteiger partial charge in [-0.2, -0.15) is 0 Å². The van der Waals surface area contributed by atoms with Crippen molar-refractivity contribution in [3.8, 4) is 11.3 Å². The summed E-state index contributed by atoms with van der Waals surface area (Å²) in [6.07, 6.45) is 7.53. The Bertz CT molecular complexity index is 898. The van der Waals surface area contributed by atoms with E-state index in [1.54, 1.807) is 18.7 Å². The second-order valence-electron chi connectivity index (χ2n) is 6.41. The van der Waals surface area contributed by atoms with Crippen molar-refractivity contribution in [3.05, 3.63) is 48.3 Å². The van der Waals surface area contributed by atoms with Crippen molar-refractivity contribution >= 4 is 11.6 Å². The SMILES string of the molecule is Cc1cc(-c2cccnc2)nc2c(C(=O)N[C@@H](C)C3CC3)ncn12. The number of nitrogens with zero attached hydrogens (tertiary/aromatic N) is 4. The Hall–Kier alpha value is -2.76. The second kappa shape index (κ2) is 5.70. The third-order valence-electron chi connectivity index (χ3n) is 4.55. The highest BCUT2D eigenvalue weighted by molar-refractivity contribution is 5.98. The fraction of sp³-hybridized carbons (Fsp3) is 0.333. The lowest BCUT2D eigenvalue weighted by molar-refractivity contribution is 0.0933. The van der Waals surface area contributed by atoms with Gasteiger partial charge in [-0.15, -0.1) is 0 Å². The van der Waals surface area contributed by atoms with Gasteiger partial charge in [-0.3, -0.25) is 14.2 Å². The molecule has 1 aliphatic rings. The molecule has 0 bridgehead atoms. The van der Waals surface area contributed by atoms with Crippen LogP contribution in [0.25, 0.3) is 16.9 Å². The molecule has 1 atom stereocenters. The Morgan fingerprint density at radius 3 is 2.96 bits per heavy atom. The van der Waals surface area contributed by atoms with E-state index >= 15 is 0 Å². The molecule has 0 aliphatic heterocycles. The number of rotatable bonds is 4. The summed E-state index contributed by atoms with van der Waals surface area (Å²) >= 11 is 0. The van der Waals surface area contributed by atoms with E-state index < -0.39 is 0 Å². The van der Waals surface area contributed by atoms with Gasteiger partial charge in [0.2, 0.25) is 0 Å². The molecule has 0 unspecified atom stereocenters. The lowest BCUT2D eigenvalue weighted by Crippen LogP contribution is -2.34. The third-order valence-corrected chi connectivity index (χ3v) is 4.55. The monoisotopic (exact) mass is 321 g/mol. The van der Waals surface area contributed by atoms with Crippen molar-refractivity contribution in [2.45, 2.75) is 32.7 Å². The number of carbonyl (C=O) groups is 1. The molecular formula is C18H19N5O. The highest BCUT2D eigenvalue weighted by Crippen LogP contribution is 2.32. The first kappa shape index (κ1) is 14.8. The molecule has 4 rings (SSSR count). The molecule has 0 saturated heterocycles. The number of amides is 1. The number of nitrogens with one attached hydrogen (secondary N) is 1. The summed E-state index contributed by atoms with van der Waals surface area (Å²) in [5.41, 5.74) is 3.63. The quantitative estimate of drug-likeness (QED) is 0.802. The zero-order valence-corrected chi connectivity index (χ0v) is 13.7. The van der Waals surface area contributed by atoms with Crippen LogP contribution in [0, 0.1) is 12.8 Å². The highest BCUT2D eigenvalue weighted by atomic mass is 16.2. The summed E-state index contributed by atoms with van der Waals surface area (Å²) in [6.45, 7) is 4.03. The largest absolute Gasteiger partial charge is 0.348 e. The van der Waals surface area contributed by atoms with Gasteiger partial charge in [0.15, 0.2) is 11.3 Å². The number of pyridine rings is 1. The summed E-state index contributed by atoms with van der Waals surface area (Å²) in [7, 11) is 0. The van der Waals surface area contributed by atoms with Gasteiger partial charge in [0, 0.05) is 29.7 Å². The van der Waals surface area contributed by atoms with E-state index in [1.165, 1.54) is 12.8 Å². The molecule has 6 heteroatoms. The summed E-state index contributed by atoms with van der Waals surface area (Å²) in [6, 6.07) is 5.98. The Balaban J connectivity index is 1.74. The number of aryl methyl sites for hydroxylation is 1. The molecule has 0 radical (unpaired) electrons. The average molecular weight is 321 g/mol. The predicted molar refractivity (Wildman–Crippen MR) is 90.6 cm³/mol. The van der Waals surface area contributed by atoms with Crippen LogP contribution in [0.5, 0.6) is 0 Å². The fourth-order valence-corrected chi connectivity index (χ4v) is 2.93. The minimum atomic E-state index is -0.160. The minimum absolute atomic E-state index is 0.160. The zero-order valence-electron chi connectivity index (χ0n) is 13.7. The maximum atomic E-state index is 12.6. The molecule has 3 aromatic heterocycles. The van der Waals surface area contributed by atoms with E-state index in [-0.39, 0.29) is 11.9 Å². The molecule has 3 aromatic rings. The number of carbonyl (C=O) groups excluding carboxylic acids is 1. The normalized spacial score (nSPS) is 15.4. The minimum Gasteiger partial charge on any atom is -0.348 e. The molecular weight excluding hydrogens is 302 g/mol. The summed E-state index contributed by atoms with van der Waals surface area (Å²) < 4.78 is 1.84. The fourth-order valence-electron chi connectivity index (χ4n) is 2.93. The number of fused-ring (bicyclic) bond motifs is 1. The van der Waals surface area contributed by atoms with E-state index in [2.05, 4.69) is 20.3 Å². The maximum Gasteiger partial charge on any atom is 0.274 e. The van der Waals surface area contributed by atoms with Crippen molar-refractivity contribution in [2.24, 2.45) is 5.92 Å². The van der Waals surface area contributed by atoms with Crippen molar-refractivity contribution in [2.75, 3.05) is 0 Å². The van der Waals surface area contributed by atoms with Crippen LogP contribution in [0.15, 0.2) is 36.9 Å². The van der Waals surface area contributed by atoms with Crippen LogP contribution in [0.2, 0.25) is 0 Å². The van der Waals surface area contributed by atoms with Gasteiger partial charge < -0.3 is 5.32 Å². The van der Waals surface area contributed by atoms with E-state index in [1.807, 2.05) is 36.4 Å². The number of imidazole rings is 1. The molecule has 0 aromatic carbocycles. The lowest BCUT2D eigenvalue weighted by Gasteiger charge is -2.11. The van der Waals surface area contributed by atoms with Gasteiger partial charge >= 0.3 is 0 Å². The van der Waals surface area contributed by atoms with Crippen LogP contribution < -0.4 is 5.32 Å². The van der Waals surface area contributed by atoms with Crippen molar-refractivity contribution < 1.29 is 4.79 Å². The predicted octanol–water partition coefficient (Wildman–Crippen LogP) is 2.63. The van der Waals surface area contributed by atoms with E-state index in [4.69, 9.17) is 0 Å². The average Bonchev–Trinajstić information content (AvgIpc) is 3.35. The van der Waals surface area contributed by atoms with Crippen molar-refractivity contribution in [1.82, 2.24) is 24.7 Å². The van der Waals surface area contributed by atoms with Gasteiger partial charge in [-0.25, -0.2) is 9.97 Å². The van der Waals surface area contributed by atoms with Gasteiger partial charge in [0.1, 0.15) is 6.33 Å². The molecule has 3 heterocycles. The maximum absolute atomic E-state index is 12.6. The molecule has 122 valence electrons. The highest BCUT2D eigenvalue weighted by Gasteiger charge is 2.30. The molecule has 1 saturated carbocycles. The topological polar surface area (TPSA) is 72.2 Å². The standard InChI is InChI=1S/C18H19N5O/c1-11-8-15(14-4-3-7-19-9-14)22-17-16(20-10-23(11)17)18(24)21-12(2)13-5-6-13/h3-4,7-10,12-13H,5-6H2,1-2H3,(H,21,24)/t12-/m0/s1. The first-order valence-electron chi connectivity index (χ1n) is 8.19. The lowest BCUT2D eigenvalue weighted by atomic mass is 10.2. The van der Waals surface area contributed by atoms with Crippen molar-refractivity contribution in [1.29, 1.82) is 0 Å². The Morgan fingerprint density at radius 1 is 1.42 bits per heavy atom. The molecule has 0 spiro atoms. The van der Waals surface area contributed by atoms with Crippen LogP contribution in [0.4, 0.5) is 0 Å². The number of hydrogen-bond donors (Lipinski definition) is 1. The Morgan fingerprint density at radius 2 is 2.25 bits per heavy atom. The number of hydrogen-bond acceptors (Lipinski definition) is 4. The van der Waals surface area contributed by atoms with Gasteiger partial charge in [0.25, 0.3) is 5.91 Å². The van der Waals surface area contributed by atoms with Crippen LogP contribution in [-0.2, 0) is 0 Å². The summed E-state index contributed by atoms with van der Waals surface area (Å²) in [5, 5.41) is 3.05. The van der Waals surface area contributed by atoms with Gasteiger partial charge in [-0.1, -0.05) is 0 Å². The van der Waals surface area contributed by atoms with Crippen LogP contribution >= 0.6 is 0 Å². The molecule has 6 nitrogen and oxygen atoms in total. The third kappa shape index (κ3) is 2.64. The van der Waals surface area contributed by atoms with E-state index in [9.17, 15) is 4.79 Å². The van der Waals surface area contributed by atoms with Crippen LogP contribution in [-0.4, -0.2) is 31.3 Å². The number of aromatic nitrogens is 4. The van der Waals surface area contributed by atoms with Crippen LogP contribution in [0.1, 0.15) is 35.9 Å². The van der Waals surface area contributed by atoms with Gasteiger partial charge in [0.05, 0.1) is 5.69 Å². The second-order valence-corrected chi connectivity index (χ2v) is 6.41. The first-order valence-corrected chi connectivity index (χ1v) is 8.19. The first-order chi connectivity index (χ1) is 11.6. The van der Waals surface area contributed by atoms with Crippen LogP contribution in [0.3, 0.4) is 0 Å². The summed E-state index contributed by atoms with van der Waals surface area (Å²) in [5.74, 6) is 0.440. The molecule has 1 fully saturated rings. The smallest absolute Gasteiger partial charge is 0.274 e. The van der Waals surface area contributed by atoms with E-state index in [0.29, 0.717) is 17.3 Å². The Kier molecular flexibility index (Phi) is 3.52. The molecule has 24 heavy (non-hydrogen) atoms. The Labute approximate surface area is 140 Å². The van der Waals surface area contributed by atoms with E-state index in [0.717, 1.165) is 17.0 Å². The zero-order chi connectivity index (χ0) is 16.7.